The van der Waals surface area contributed by atoms with Gasteiger partial charge < -0.3 is 9.32 Å². The smallest absolute Gasteiger partial charge is 0.317 e. The lowest BCUT2D eigenvalue weighted by Gasteiger charge is -2.13. The predicted octanol–water partition coefficient (Wildman–Crippen LogP) is 1.92. The molecule has 0 aliphatic rings. The van der Waals surface area contributed by atoms with E-state index in [1.165, 1.54) is 5.56 Å². The Bertz CT molecular complexity index is 474. The van der Waals surface area contributed by atoms with Crippen LogP contribution in [0.15, 0.2) is 28.9 Å². The number of nitrogens with zero attached hydrogens (tertiary/aromatic N) is 4. The lowest BCUT2D eigenvalue weighted by molar-refractivity contribution is 0.496. The first-order valence-electron chi connectivity index (χ1n) is 5.78. The van der Waals surface area contributed by atoms with E-state index in [2.05, 4.69) is 15.2 Å². The fraction of sp³-hybridized carbons (Fsp3) is 0.417. The number of halogens is 1. The van der Waals surface area contributed by atoms with Crippen LogP contribution in [0.1, 0.15) is 11.5 Å². The minimum atomic E-state index is 0.488. The molecule has 0 aromatic carbocycles. The summed E-state index contributed by atoms with van der Waals surface area (Å²) >= 11 is 5.62. The third-order valence-electron chi connectivity index (χ3n) is 2.58. The fourth-order valence-corrected chi connectivity index (χ4v) is 1.68. The number of anilines is 1. The van der Waals surface area contributed by atoms with E-state index in [4.69, 9.17) is 16.0 Å². The minimum Gasteiger partial charge on any atom is -0.408 e. The van der Waals surface area contributed by atoms with E-state index in [1.807, 2.05) is 24.1 Å². The molecule has 0 spiro atoms. The lowest BCUT2D eigenvalue weighted by atomic mass is 10.2. The largest absolute Gasteiger partial charge is 0.408 e. The van der Waals surface area contributed by atoms with Gasteiger partial charge in [0.1, 0.15) is 0 Å². The van der Waals surface area contributed by atoms with Crippen LogP contribution >= 0.6 is 11.6 Å². The highest BCUT2D eigenvalue weighted by molar-refractivity contribution is 6.17. The van der Waals surface area contributed by atoms with Gasteiger partial charge in [0.2, 0.25) is 5.89 Å². The summed E-state index contributed by atoms with van der Waals surface area (Å²) in [7, 11) is 1.93. The Kier molecular flexibility index (Phi) is 4.52. The van der Waals surface area contributed by atoms with Gasteiger partial charge in [-0.05, 0) is 24.1 Å². The SMILES string of the molecule is CN(CCc1ccncc1)c1nnc(CCCl)o1. The highest BCUT2D eigenvalue weighted by atomic mass is 35.5. The summed E-state index contributed by atoms with van der Waals surface area (Å²) in [5.74, 6) is 1.07. The highest BCUT2D eigenvalue weighted by Gasteiger charge is 2.10. The number of pyridine rings is 1. The summed E-state index contributed by atoms with van der Waals surface area (Å²) in [4.78, 5) is 5.92. The van der Waals surface area contributed by atoms with Crippen molar-refractivity contribution >= 4 is 17.6 Å². The van der Waals surface area contributed by atoms with Gasteiger partial charge in [0, 0.05) is 38.3 Å². The number of likely N-dealkylation sites (N-methyl/N-ethyl adjacent to an activating group) is 1. The Balaban J connectivity index is 1.89. The molecule has 0 atom stereocenters. The van der Waals surface area contributed by atoms with Crippen molar-refractivity contribution < 1.29 is 4.42 Å². The summed E-state index contributed by atoms with van der Waals surface area (Å²) in [6, 6.07) is 4.53. The van der Waals surface area contributed by atoms with Gasteiger partial charge in [-0.15, -0.1) is 16.7 Å². The van der Waals surface area contributed by atoms with Crippen molar-refractivity contribution in [3.05, 3.63) is 36.0 Å². The van der Waals surface area contributed by atoms with Crippen molar-refractivity contribution in [2.45, 2.75) is 12.8 Å². The van der Waals surface area contributed by atoms with Crippen molar-refractivity contribution in [1.29, 1.82) is 0 Å². The molecule has 96 valence electrons. The molecule has 0 bridgehead atoms. The van der Waals surface area contributed by atoms with Crippen molar-refractivity contribution in [2.75, 3.05) is 24.4 Å². The summed E-state index contributed by atoms with van der Waals surface area (Å²) in [6.45, 7) is 0.812. The molecule has 2 heterocycles. The van der Waals surface area contributed by atoms with Crippen LogP contribution in [0.4, 0.5) is 6.01 Å². The van der Waals surface area contributed by atoms with Crippen LogP contribution in [0.25, 0.3) is 0 Å². The Morgan fingerprint density at radius 3 is 2.72 bits per heavy atom. The average molecular weight is 267 g/mol. The molecule has 0 unspecified atom stereocenters. The Labute approximate surface area is 111 Å². The molecule has 0 aliphatic carbocycles. The van der Waals surface area contributed by atoms with Crippen molar-refractivity contribution in [2.24, 2.45) is 0 Å². The van der Waals surface area contributed by atoms with Crippen molar-refractivity contribution in [3.8, 4) is 0 Å². The van der Waals surface area contributed by atoms with E-state index in [0.29, 0.717) is 24.2 Å². The third kappa shape index (κ3) is 3.43. The first kappa shape index (κ1) is 12.8. The standard InChI is InChI=1S/C12H15ClN4O/c1-17(9-5-10-3-7-14-8-4-10)12-16-15-11(18-12)2-6-13/h3-4,7-8H,2,5-6,9H2,1H3. The predicted molar refractivity (Wildman–Crippen MR) is 69.9 cm³/mol. The van der Waals surface area contributed by atoms with E-state index in [-0.39, 0.29) is 0 Å². The van der Waals surface area contributed by atoms with Crippen LogP contribution in [-0.2, 0) is 12.8 Å². The molecular weight excluding hydrogens is 252 g/mol. The van der Waals surface area contributed by atoms with Gasteiger partial charge in [0.25, 0.3) is 0 Å². The molecule has 18 heavy (non-hydrogen) atoms. The topological polar surface area (TPSA) is 55.1 Å². The van der Waals surface area contributed by atoms with Gasteiger partial charge in [0.05, 0.1) is 0 Å². The third-order valence-corrected chi connectivity index (χ3v) is 2.77. The van der Waals surface area contributed by atoms with Crippen LogP contribution < -0.4 is 4.90 Å². The van der Waals surface area contributed by atoms with E-state index >= 15 is 0 Å². The number of alkyl halides is 1. The van der Waals surface area contributed by atoms with E-state index in [1.54, 1.807) is 12.4 Å². The molecule has 2 aromatic rings. The van der Waals surface area contributed by atoms with Gasteiger partial charge in [-0.1, -0.05) is 5.10 Å². The van der Waals surface area contributed by atoms with Crippen LogP contribution in [0, 0.1) is 0 Å². The second-order valence-electron chi connectivity index (χ2n) is 3.94. The van der Waals surface area contributed by atoms with E-state index in [0.717, 1.165) is 13.0 Å². The number of aromatic nitrogens is 3. The van der Waals surface area contributed by atoms with Gasteiger partial charge in [-0.3, -0.25) is 4.98 Å². The monoisotopic (exact) mass is 266 g/mol. The van der Waals surface area contributed by atoms with Crippen LogP contribution in [-0.4, -0.2) is 34.7 Å². The van der Waals surface area contributed by atoms with Crippen LogP contribution in [0.3, 0.4) is 0 Å². The maximum absolute atomic E-state index is 5.62. The summed E-state index contributed by atoms with van der Waals surface area (Å²) in [5, 5.41) is 7.91. The first-order chi connectivity index (χ1) is 8.79. The molecule has 0 fully saturated rings. The van der Waals surface area contributed by atoms with E-state index < -0.39 is 0 Å². The normalized spacial score (nSPS) is 10.6. The zero-order valence-corrected chi connectivity index (χ0v) is 11.0. The van der Waals surface area contributed by atoms with E-state index in [9.17, 15) is 0 Å². The molecule has 0 radical (unpaired) electrons. The minimum absolute atomic E-state index is 0.488. The Hall–Kier alpha value is -1.62. The summed E-state index contributed by atoms with van der Waals surface area (Å²) in [6.07, 6.45) is 5.10. The van der Waals surface area contributed by atoms with Gasteiger partial charge >= 0.3 is 6.01 Å². The second kappa shape index (κ2) is 6.35. The number of aryl methyl sites for hydroxylation is 1. The molecule has 5 nitrogen and oxygen atoms in total. The zero-order valence-electron chi connectivity index (χ0n) is 10.2. The highest BCUT2D eigenvalue weighted by Crippen LogP contribution is 2.11. The Morgan fingerprint density at radius 2 is 2.00 bits per heavy atom. The molecule has 0 saturated heterocycles. The average Bonchev–Trinajstić information content (AvgIpc) is 2.86. The molecule has 0 saturated carbocycles. The van der Waals surface area contributed by atoms with Crippen molar-refractivity contribution in [3.63, 3.8) is 0 Å². The molecule has 0 aliphatic heterocycles. The first-order valence-corrected chi connectivity index (χ1v) is 6.31. The van der Waals surface area contributed by atoms with Gasteiger partial charge in [-0.2, -0.15) is 0 Å². The molecule has 6 heteroatoms. The van der Waals surface area contributed by atoms with Crippen LogP contribution in [0.2, 0.25) is 0 Å². The molecule has 0 amide bonds. The van der Waals surface area contributed by atoms with Gasteiger partial charge in [-0.25, -0.2) is 0 Å². The Morgan fingerprint density at radius 1 is 1.22 bits per heavy atom. The molecule has 2 aromatic heterocycles. The number of hydrogen-bond acceptors (Lipinski definition) is 5. The maximum Gasteiger partial charge on any atom is 0.317 e. The maximum atomic E-state index is 5.62. The summed E-state index contributed by atoms with van der Waals surface area (Å²) in [5.41, 5.74) is 1.23. The zero-order chi connectivity index (χ0) is 12.8. The number of rotatable bonds is 6. The molecule has 2 rings (SSSR count). The van der Waals surface area contributed by atoms with Gasteiger partial charge in [0.15, 0.2) is 0 Å². The second-order valence-corrected chi connectivity index (χ2v) is 4.32. The molecular formula is C12H15ClN4O. The lowest BCUT2D eigenvalue weighted by Crippen LogP contribution is -2.20. The van der Waals surface area contributed by atoms with Crippen LogP contribution in [0.5, 0.6) is 0 Å². The fourth-order valence-electron chi connectivity index (χ4n) is 1.52. The van der Waals surface area contributed by atoms with Crippen molar-refractivity contribution in [1.82, 2.24) is 15.2 Å². The summed E-state index contributed by atoms with van der Waals surface area (Å²) < 4.78 is 5.48. The quantitative estimate of drug-likeness (QED) is 0.748. The molecule has 0 N–H and O–H groups in total. The number of hydrogen-bond donors (Lipinski definition) is 0.